The summed E-state index contributed by atoms with van der Waals surface area (Å²) in [5, 5.41) is 1.14. The quantitative estimate of drug-likeness (QED) is 0.641. The summed E-state index contributed by atoms with van der Waals surface area (Å²) in [6.07, 6.45) is 6.56. The van der Waals surface area contributed by atoms with Crippen molar-refractivity contribution in [3.8, 4) is 0 Å². The summed E-state index contributed by atoms with van der Waals surface area (Å²) in [6.45, 7) is 0.903. The van der Waals surface area contributed by atoms with Gasteiger partial charge in [0.1, 0.15) is 5.58 Å². The zero-order chi connectivity index (χ0) is 13.1. The van der Waals surface area contributed by atoms with Crippen molar-refractivity contribution in [2.24, 2.45) is 5.84 Å². The Morgan fingerprint density at radius 1 is 1.37 bits per heavy atom. The van der Waals surface area contributed by atoms with Crippen LogP contribution < -0.4 is 11.3 Å². The zero-order valence-corrected chi connectivity index (χ0v) is 11.0. The van der Waals surface area contributed by atoms with E-state index >= 15 is 0 Å². The summed E-state index contributed by atoms with van der Waals surface area (Å²) in [6, 6.07) is 8.17. The van der Waals surface area contributed by atoms with Crippen molar-refractivity contribution in [1.82, 2.24) is 5.43 Å². The molecule has 1 saturated heterocycles. The molecule has 102 valence electrons. The Morgan fingerprint density at radius 3 is 3.05 bits per heavy atom. The van der Waals surface area contributed by atoms with Crippen LogP contribution in [0.3, 0.4) is 0 Å². The van der Waals surface area contributed by atoms with Gasteiger partial charge in [-0.1, -0.05) is 18.2 Å². The Hall–Kier alpha value is -1.36. The molecule has 3 rings (SSSR count). The average molecular weight is 260 g/mol. The highest BCUT2D eigenvalue weighted by Gasteiger charge is 2.20. The maximum Gasteiger partial charge on any atom is 0.134 e. The summed E-state index contributed by atoms with van der Waals surface area (Å²) in [5.74, 6) is 5.71. The van der Waals surface area contributed by atoms with Crippen molar-refractivity contribution >= 4 is 11.0 Å². The highest BCUT2D eigenvalue weighted by atomic mass is 16.5. The van der Waals surface area contributed by atoms with Crippen LogP contribution in [0.25, 0.3) is 11.0 Å². The van der Waals surface area contributed by atoms with Gasteiger partial charge in [-0.05, 0) is 31.7 Å². The fraction of sp³-hybridized carbons (Fsp3) is 0.467. The van der Waals surface area contributed by atoms with Gasteiger partial charge in [-0.2, -0.15) is 0 Å². The van der Waals surface area contributed by atoms with Gasteiger partial charge in [0.25, 0.3) is 0 Å². The molecule has 0 saturated carbocycles. The Morgan fingerprint density at radius 2 is 2.26 bits per heavy atom. The largest absolute Gasteiger partial charge is 0.464 e. The molecule has 4 nitrogen and oxygen atoms in total. The third-order valence-corrected chi connectivity index (χ3v) is 3.89. The van der Waals surface area contributed by atoms with Crippen LogP contribution in [0, 0.1) is 0 Å². The molecule has 1 aliphatic heterocycles. The molecule has 2 heterocycles. The van der Waals surface area contributed by atoms with Gasteiger partial charge < -0.3 is 9.15 Å². The predicted octanol–water partition coefficient (Wildman–Crippen LogP) is 2.90. The van der Waals surface area contributed by atoms with Crippen molar-refractivity contribution in [2.75, 3.05) is 6.61 Å². The Balaban J connectivity index is 1.73. The SMILES string of the molecule is NNC(CCC1CCCO1)c1coc2ccccc12. The molecule has 4 heteroatoms. The van der Waals surface area contributed by atoms with Gasteiger partial charge in [0.15, 0.2) is 0 Å². The molecule has 0 amide bonds. The van der Waals surface area contributed by atoms with E-state index in [1.165, 1.54) is 12.8 Å². The van der Waals surface area contributed by atoms with E-state index in [0.29, 0.717) is 6.10 Å². The number of rotatable bonds is 5. The summed E-state index contributed by atoms with van der Waals surface area (Å²) in [5.41, 5.74) is 4.95. The molecule has 1 aromatic carbocycles. The van der Waals surface area contributed by atoms with E-state index in [9.17, 15) is 0 Å². The molecule has 0 spiro atoms. The minimum absolute atomic E-state index is 0.118. The van der Waals surface area contributed by atoms with Gasteiger partial charge in [-0.15, -0.1) is 0 Å². The van der Waals surface area contributed by atoms with E-state index < -0.39 is 0 Å². The second kappa shape index (κ2) is 5.74. The fourth-order valence-electron chi connectivity index (χ4n) is 2.82. The molecule has 3 N–H and O–H groups in total. The number of fused-ring (bicyclic) bond motifs is 1. The van der Waals surface area contributed by atoms with Crippen molar-refractivity contribution in [2.45, 2.75) is 37.8 Å². The maximum atomic E-state index is 5.71. The summed E-state index contributed by atoms with van der Waals surface area (Å²) >= 11 is 0. The maximum absolute atomic E-state index is 5.71. The average Bonchev–Trinajstić information content (AvgIpc) is 3.09. The Labute approximate surface area is 112 Å². The minimum Gasteiger partial charge on any atom is -0.464 e. The predicted molar refractivity (Wildman–Crippen MR) is 74.5 cm³/mol. The van der Waals surface area contributed by atoms with Crippen molar-refractivity contribution in [3.05, 3.63) is 36.1 Å². The van der Waals surface area contributed by atoms with Crippen LogP contribution in [-0.2, 0) is 4.74 Å². The van der Waals surface area contributed by atoms with Crippen molar-refractivity contribution < 1.29 is 9.15 Å². The lowest BCUT2D eigenvalue weighted by molar-refractivity contribution is 0.0996. The van der Waals surface area contributed by atoms with Crippen LogP contribution in [-0.4, -0.2) is 12.7 Å². The van der Waals surface area contributed by atoms with E-state index in [1.807, 2.05) is 24.5 Å². The molecule has 19 heavy (non-hydrogen) atoms. The van der Waals surface area contributed by atoms with Crippen LogP contribution in [0.2, 0.25) is 0 Å². The number of furan rings is 1. The molecule has 2 unspecified atom stereocenters. The molecule has 0 aliphatic carbocycles. The van der Waals surface area contributed by atoms with Crippen LogP contribution in [0.1, 0.15) is 37.3 Å². The number of nitrogens with one attached hydrogen (secondary N) is 1. The topological polar surface area (TPSA) is 60.4 Å². The van der Waals surface area contributed by atoms with Gasteiger partial charge in [-0.25, -0.2) is 0 Å². The standard InChI is InChI=1S/C15H20N2O2/c16-17-14(8-7-11-4-3-9-18-11)13-10-19-15-6-2-1-5-12(13)15/h1-2,5-6,10-11,14,17H,3-4,7-9,16H2. The third-order valence-electron chi connectivity index (χ3n) is 3.89. The van der Waals surface area contributed by atoms with Gasteiger partial charge in [0.05, 0.1) is 12.4 Å². The molecule has 2 atom stereocenters. The minimum atomic E-state index is 0.118. The zero-order valence-electron chi connectivity index (χ0n) is 11.0. The monoisotopic (exact) mass is 260 g/mol. The van der Waals surface area contributed by atoms with Crippen LogP contribution in [0.4, 0.5) is 0 Å². The van der Waals surface area contributed by atoms with E-state index in [1.54, 1.807) is 0 Å². The summed E-state index contributed by atoms with van der Waals surface area (Å²) in [7, 11) is 0. The number of ether oxygens (including phenoxy) is 1. The first-order valence-electron chi connectivity index (χ1n) is 6.92. The second-order valence-corrected chi connectivity index (χ2v) is 5.12. The normalized spacial score (nSPS) is 21.0. The van der Waals surface area contributed by atoms with E-state index in [-0.39, 0.29) is 6.04 Å². The summed E-state index contributed by atoms with van der Waals surface area (Å²) < 4.78 is 11.2. The second-order valence-electron chi connectivity index (χ2n) is 5.12. The first-order chi connectivity index (χ1) is 9.38. The van der Waals surface area contributed by atoms with Gasteiger partial charge in [0.2, 0.25) is 0 Å². The third kappa shape index (κ3) is 2.66. The summed E-state index contributed by atoms with van der Waals surface area (Å²) in [4.78, 5) is 0. The van der Waals surface area contributed by atoms with Crippen molar-refractivity contribution in [3.63, 3.8) is 0 Å². The van der Waals surface area contributed by atoms with E-state index in [2.05, 4.69) is 11.5 Å². The molecule has 0 radical (unpaired) electrons. The molecule has 0 bridgehead atoms. The molecule has 1 fully saturated rings. The van der Waals surface area contributed by atoms with Gasteiger partial charge in [-0.3, -0.25) is 11.3 Å². The smallest absolute Gasteiger partial charge is 0.134 e. The number of benzene rings is 1. The van der Waals surface area contributed by atoms with Gasteiger partial charge >= 0.3 is 0 Å². The van der Waals surface area contributed by atoms with Crippen molar-refractivity contribution in [1.29, 1.82) is 0 Å². The number of para-hydroxylation sites is 1. The molecular formula is C15H20N2O2. The molecular weight excluding hydrogens is 240 g/mol. The molecule has 1 aliphatic rings. The van der Waals surface area contributed by atoms with Crippen LogP contribution in [0.15, 0.2) is 34.9 Å². The first kappa shape index (κ1) is 12.7. The highest BCUT2D eigenvalue weighted by Crippen LogP contribution is 2.30. The van der Waals surface area contributed by atoms with Crippen LogP contribution in [0.5, 0.6) is 0 Å². The Kier molecular flexibility index (Phi) is 3.82. The number of nitrogens with two attached hydrogens (primary N) is 1. The lowest BCUT2D eigenvalue weighted by Crippen LogP contribution is -2.28. The van der Waals surface area contributed by atoms with E-state index in [4.69, 9.17) is 15.0 Å². The lowest BCUT2D eigenvalue weighted by atomic mass is 9.99. The van der Waals surface area contributed by atoms with Gasteiger partial charge in [0, 0.05) is 23.6 Å². The Bertz CT molecular complexity index is 532. The number of hydrogen-bond acceptors (Lipinski definition) is 4. The fourth-order valence-corrected chi connectivity index (χ4v) is 2.82. The number of hydrazine groups is 1. The molecule has 2 aromatic rings. The first-order valence-corrected chi connectivity index (χ1v) is 6.92. The number of hydrogen-bond donors (Lipinski definition) is 2. The van der Waals surface area contributed by atoms with E-state index in [0.717, 1.165) is 36.0 Å². The highest BCUT2D eigenvalue weighted by molar-refractivity contribution is 5.81. The van der Waals surface area contributed by atoms with Crippen LogP contribution >= 0.6 is 0 Å². The molecule has 1 aromatic heterocycles. The lowest BCUT2D eigenvalue weighted by Gasteiger charge is -2.17.